The molecule has 0 atom stereocenters. The zero-order valence-corrected chi connectivity index (χ0v) is 43.5. The van der Waals surface area contributed by atoms with E-state index in [0.29, 0.717) is 17.3 Å². The van der Waals surface area contributed by atoms with Gasteiger partial charge in [-0.2, -0.15) is 0 Å². The molecule has 2 aromatic heterocycles. The van der Waals surface area contributed by atoms with Crippen LogP contribution < -0.4 is 31.2 Å². The highest BCUT2D eigenvalue weighted by Gasteiger charge is 2.21. The number of nitrogen functional groups attached to an aromatic ring is 1. The number of piperidine rings is 2. The smallest absolute Gasteiger partial charge is 0.247 e. The molecule has 2 amide bonds. The Balaban J connectivity index is 0.000000169. The molecule has 8 aromatic rings. The van der Waals surface area contributed by atoms with Crippen molar-refractivity contribution in [1.29, 1.82) is 0 Å². The number of hydrogen-bond acceptors (Lipinski definition) is 14. The zero-order valence-electron chi connectivity index (χ0n) is 42.7. The van der Waals surface area contributed by atoms with Crippen LogP contribution in [0, 0.1) is 0 Å². The number of hydrogen-bond donors (Lipinski definition) is 6. The number of β-amino-alcohol motifs (C(OH)–C–C–N with tert-alkyl or cyclic N) is 2. The molecule has 396 valence electrons. The van der Waals surface area contributed by atoms with Crippen LogP contribution in [0.15, 0.2) is 171 Å². The predicted molar refractivity (Wildman–Crippen MR) is 308 cm³/mol. The van der Waals surface area contributed by atoms with Crippen LogP contribution in [0.5, 0.6) is 11.5 Å². The molecule has 0 bridgehead atoms. The number of likely N-dealkylation sites (tertiary alicyclic amines) is 2. The summed E-state index contributed by atoms with van der Waals surface area (Å²) in [6.07, 6.45) is 10.4. The van der Waals surface area contributed by atoms with E-state index in [0.717, 1.165) is 132 Å². The minimum absolute atomic E-state index is 0.189. The largest absolute Gasteiger partial charge is 0.490 e. The third-order valence-electron chi connectivity index (χ3n) is 12.9. The second-order valence-electron chi connectivity index (χ2n) is 18.4. The topological polar surface area (TPSA) is 213 Å². The average molecular weight is 1060 g/mol. The third kappa shape index (κ3) is 15.9. The van der Waals surface area contributed by atoms with Gasteiger partial charge >= 0.3 is 0 Å². The van der Waals surface area contributed by atoms with Crippen LogP contribution in [-0.4, -0.2) is 116 Å². The number of para-hydroxylation sites is 2. The number of nitrogens with two attached hydrogens (primary N) is 1. The van der Waals surface area contributed by atoms with E-state index in [1.54, 1.807) is 12.4 Å². The van der Waals surface area contributed by atoms with Gasteiger partial charge in [-0.05, 0) is 133 Å². The van der Waals surface area contributed by atoms with Crippen LogP contribution in [0.25, 0.3) is 44.1 Å². The zero-order chi connectivity index (χ0) is 53.9. The van der Waals surface area contributed by atoms with E-state index < -0.39 is 0 Å². The molecule has 17 heteroatoms. The summed E-state index contributed by atoms with van der Waals surface area (Å²) in [5.74, 6) is 1.71. The highest BCUT2D eigenvalue weighted by Crippen LogP contribution is 2.32. The molecule has 77 heavy (non-hydrogen) atoms. The molecular weight excluding hydrogens is 992 g/mol. The highest BCUT2D eigenvalue weighted by molar-refractivity contribution is 6.28. The summed E-state index contributed by atoms with van der Waals surface area (Å²) in [6.45, 7) is 12.8. The summed E-state index contributed by atoms with van der Waals surface area (Å²) in [5.41, 5.74) is 14.0. The Morgan fingerprint density at radius 3 is 1.55 bits per heavy atom. The fourth-order valence-corrected chi connectivity index (χ4v) is 9.13. The Labute approximate surface area is 453 Å². The molecule has 10 rings (SSSR count). The number of aliphatic hydroxyl groups excluding tert-OH is 2. The normalized spacial score (nSPS) is 14.0. The van der Waals surface area contributed by atoms with E-state index in [2.05, 4.69) is 53.9 Å². The van der Waals surface area contributed by atoms with Gasteiger partial charge in [0.15, 0.2) is 0 Å². The number of rotatable bonds is 16. The van der Waals surface area contributed by atoms with Crippen LogP contribution in [0.3, 0.4) is 0 Å². The molecule has 6 aromatic carbocycles. The first kappa shape index (κ1) is 55.0. The molecule has 16 nitrogen and oxygen atoms in total. The van der Waals surface area contributed by atoms with Gasteiger partial charge in [-0.15, -0.1) is 0 Å². The second kappa shape index (κ2) is 27.5. The number of nitrogens with one attached hydrogen (secondary N) is 3. The summed E-state index contributed by atoms with van der Waals surface area (Å²) in [6, 6.07) is 42.3. The number of benzene rings is 6. The third-order valence-corrected chi connectivity index (χ3v) is 13.1. The van der Waals surface area contributed by atoms with Gasteiger partial charge in [0.05, 0.1) is 24.2 Å². The van der Waals surface area contributed by atoms with E-state index in [1.165, 1.54) is 12.2 Å². The SMILES string of the molecule is C=CC(=O)Nc1cccc(-c2cccc3cnc(Cl)nc23)c1.C=CC(=O)Nc1cccc(-c2cccc3cnc(Nc4ccc(OC5CCN(CCO)CC5)cc4)nc23)c1.Nc1ccc(OC2CCN(CCO)CC2)cc1. The fraction of sp³-hybridized carbons (Fsp3) is 0.233. The first-order valence-electron chi connectivity index (χ1n) is 25.5. The summed E-state index contributed by atoms with van der Waals surface area (Å²) in [5, 5.41) is 28.8. The monoisotopic (exact) mass is 1050 g/mol. The van der Waals surface area contributed by atoms with Crippen molar-refractivity contribution in [1.82, 2.24) is 29.7 Å². The number of carbonyl (C=O) groups excluding carboxylic acids is 2. The Morgan fingerprint density at radius 1 is 0.610 bits per heavy atom. The number of carbonyl (C=O) groups is 2. The Hall–Kier alpha value is -8.25. The molecule has 2 saturated heterocycles. The number of nitrogens with zero attached hydrogens (tertiary/aromatic N) is 6. The standard InChI is InChI=1S/C30H31N5O3.C17H12ClN3O.C13H20N2O2/c1-2-28(37)32-24-7-3-5-21(19-24)27-8-4-6-22-20-31-30(34-29(22)27)33-23-9-11-25(12-10-23)38-26-13-15-35(16-14-26)17-18-36;1-2-15(22)20-13-7-3-5-11(9-13)14-8-4-6-12-10-19-17(18)21-16(12)14;14-11-1-3-12(4-2-11)17-13-5-7-15(8-6-13)9-10-16/h2-12,19-20,26,36H,1,13-18H2,(H,32,37)(H,31,33,34);2-10H,1H2,(H,20,22);1-4,13,16H,5-10,14H2. The van der Waals surface area contributed by atoms with E-state index >= 15 is 0 Å². The van der Waals surface area contributed by atoms with Gasteiger partial charge in [0.2, 0.25) is 23.0 Å². The quantitative estimate of drug-likeness (QED) is 0.0302. The van der Waals surface area contributed by atoms with Crippen LogP contribution >= 0.6 is 11.6 Å². The van der Waals surface area contributed by atoms with E-state index in [9.17, 15) is 9.59 Å². The Kier molecular flexibility index (Phi) is 19.6. The molecule has 2 aliphatic heterocycles. The maximum atomic E-state index is 11.7. The van der Waals surface area contributed by atoms with Crippen molar-refractivity contribution in [2.45, 2.75) is 37.9 Å². The van der Waals surface area contributed by atoms with Gasteiger partial charge in [-0.25, -0.2) is 19.9 Å². The number of aromatic nitrogens is 4. The van der Waals surface area contributed by atoms with Crippen molar-refractivity contribution in [2.75, 3.05) is 74.2 Å². The van der Waals surface area contributed by atoms with E-state index in [-0.39, 0.29) is 42.5 Å². The van der Waals surface area contributed by atoms with Crippen LogP contribution in [0.4, 0.5) is 28.7 Å². The Morgan fingerprint density at radius 2 is 1.06 bits per heavy atom. The van der Waals surface area contributed by atoms with Crippen molar-refractivity contribution >= 4 is 73.9 Å². The van der Waals surface area contributed by atoms with Gasteiger partial charge in [0.25, 0.3) is 0 Å². The second-order valence-corrected chi connectivity index (χ2v) is 18.7. The van der Waals surface area contributed by atoms with E-state index in [1.807, 2.05) is 133 Å². The van der Waals surface area contributed by atoms with Crippen molar-refractivity contribution < 1.29 is 29.3 Å². The molecule has 7 N–H and O–H groups in total. The maximum Gasteiger partial charge on any atom is 0.247 e. The Bertz CT molecular complexity index is 3260. The summed E-state index contributed by atoms with van der Waals surface area (Å²) in [7, 11) is 0. The van der Waals surface area contributed by atoms with Crippen molar-refractivity contribution in [3.8, 4) is 33.8 Å². The summed E-state index contributed by atoms with van der Waals surface area (Å²) in [4.78, 5) is 45.3. The van der Waals surface area contributed by atoms with Gasteiger partial charge in [0.1, 0.15) is 23.7 Å². The number of amides is 2. The lowest BCUT2D eigenvalue weighted by Gasteiger charge is -2.31. The highest BCUT2D eigenvalue weighted by atomic mass is 35.5. The molecule has 0 spiro atoms. The molecule has 4 heterocycles. The lowest BCUT2D eigenvalue weighted by molar-refractivity contribution is -0.112. The van der Waals surface area contributed by atoms with Crippen LogP contribution in [0.1, 0.15) is 25.7 Å². The van der Waals surface area contributed by atoms with Gasteiger partial charge in [-0.1, -0.05) is 73.8 Å². The molecule has 0 aliphatic carbocycles. The van der Waals surface area contributed by atoms with Gasteiger partial charge in [0, 0.05) is 96.3 Å². The van der Waals surface area contributed by atoms with Crippen molar-refractivity contribution in [3.63, 3.8) is 0 Å². The summed E-state index contributed by atoms with van der Waals surface area (Å²) < 4.78 is 12.1. The first-order valence-corrected chi connectivity index (χ1v) is 25.9. The molecule has 0 unspecified atom stereocenters. The minimum Gasteiger partial charge on any atom is -0.490 e. The molecular formula is C60H63ClN10O6. The number of anilines is 5. The number of ether oxygens (including phenoxy) is 2. The van der Waals surface area contributed by atoms with Crippen LogP contribution in [-0.2, 0) is 9.59 Å². The first-order chi connectivity index (χ1) is 37.6. The van der Waals surface area contributed by atoms with Gasteiger partial charge in [-0.3, -0.25) is 9.59 Å². The van der Waals surface area contributed by atoms with Crippen molar-refractivity contribution in [3.05, 3.63) is 176 Å². The molecule has 2 aliphatic rings. The lowest BCUT2D eigenvalue weighted by Crippen LogP contribution is -2.39. The number of aliphatic hydroxyl groups is 2. The molecule has 0 radical (unpaired) electrons. The summed E-state index contributed by atoms with van der Waals surface area (Å²) >= 11 is 5.91. The lowest BCUT2D eigenvalue weighted by atomic mass is 10.0. The number of halogens is 1. The number of fused-ring (bicyclic) bond motifs is 2. The van der Waals surface area contributed by atoms with Crippen LogP contribution in [0.2, 0.25) is 5.28 Å². The maximum absolute atomic E-state index is 11.7. The average Bonchev–Trinajstić information content (AvgIpc) is 3.45. The molecule has 2 fully saturated rings. The van der Waals surface area contributed by atoms with E-state index in [4.69, 9.17) is 42.0 Å². The predicted octanol–water partition coefficient (Wildman–Crippen LogP) is 10.2. The van der Waals surface area contributed by atoms with Gasteiger partial charge < -0.3 is 51.2 Å². The fourth-order valence-electron chi connectivity index (χ4n) is 8.99. The van der Waals surface area contributed by atoms with Crippen molar-refractivity contribution in [2.24, 2.45) is 0 Å². The molecule has 0 saturated carbocycles. The minimum atomic E-state index is -0.256.